The van der Waals surface area contributed by atoms with Crippen LogP contribution < -0.4 is 5.32 Å². The van der Waals surface area contributed by atoms with Crippen molar-refractivity contribution >= 4 is 18.4 Å². The minimum absolute atomic E-state index is 0.312. The first kappa shape index (κ1) is 15.6. The number of allylic oxidation sites excluding steroid dienone is 2. The van der Waals surface area contributed by atoms with E-state index in [2.05, 4.69) is 21.8 Å². The summed E-state index contributed by atoms with van der Waals surface area (Å²) in [5, 5.41) is 3.02. The van der Waals surface area contributed by atoms with Crippen molar-refractivity contribution in [2.75, 3.05) is 19.0 Å². The topological polar surface area (TPSA) is 50.7 Å². The van der Waals surface area contributed by atoms with Crippen LogP contribution in [-0.2, 0) is 9.53 Å². The molecule has 5 heteroatoms. The van der Waals surface area contributed by atoms with Gasteiger partial charge >= 0.3 is 5.97 Å². The lowest BCUT2D eigenvalue weighted by atomic mass is 10.2. The summed E-state index contributed by atoms with van der Waals surface area (Å²) in [6, 6.07) is 6.12. The van der Waals surface area contributed by atoms with E-state index in [1.165, 1.54) is 19.2 Å². The van der Waals surface area contributed by atoms with E-state index >= 15 is 0 Å². The van der Waals surface area contributed by atoms with Gasteiger partial charge in [0.2, 0.25) is 0 Å². The molecule has 1 rings (SSSR count). The number of nitrogens with zero attached hydrogens (tertiary/aromatic N) is 1. The number of nitrogens with one attached hydrogen (secondary N) is 1. The second kappa shape index (κ2) is 7.89. The van der Waals surface area contributed by atoms with E-state index in [1.807, 2.05) is 0 Å². The smallest absolute Gasteiger partial charge is 0.333 e. The van der Waals surface area contributed by atoms with Crippen LogP contribution in [0.25, 0.3) is 0 Å². The number of carbonyl (C=O) groups excluding carboxylic acids is 1. The zero-order valence-corrected chi connectivity index (χ0v) is 11.5. The van der Waals surface area contributed by atoms with Gasteiger partial charge in [-0.25, -0.2) is 9.18 Å². The van der Waals surface area contributed by atoms with E-state index in [0.717, 1.165) is 0 Å². The number of hydrogen-bond acceptors (Lipinski definition) is 4. The molecule has 1 N–H and O–H groups in total. The van der Waals surface area contributed by atoms with Crippen LogP contribution in [-0.4, -0.2) is 26.3 Å². The van der Waals surface area contributed by atoms with Crippen LogP contribution in [0.1, 0.15) is 6.92 Å². The first-order valence-corrected chi connectivity index (χ1v) is 5.98. The molecule has 0 aliphatic carbocycles. The first-order chi connectivity index (χ1) is 9.56. The number of aliphatic imine (C=N–C) groups is 1. The van der Waals surface area contributed by atoms with Crippen molar-refractivity contribution < 1.29 is 13.9 Å². The minimum Gasteiger partial charge on any atom is -0.466 e. The van der Waals surface area contributed by atoms with Crippen LogP contribution in [0.15, 0.2) is 52.7 Å². The Balaban J connectivity index is 2.68. The van der Waals surface area contributed by atoms with Crippen molar-refractivity contribution in [2.24, 2.45) is 4.99 Å². The van der Waals surface area contributed by atoms with Gasteiger partial charge in [0.25, 0.3) is 0 Å². The highest BCUT2D eigenvalue weighted by Crippen LogP contribution is 2.10. The molecule has 0 amide bonds. The lowest BCUT2D eigenvalue weighted by molar-refractivity contribution is -0.136. The summed E-state index contributed by atoms with van der Waals surface area (Å²) < 4.78 is 17.6. The van der Waals surface area contributed by atoms with Crippen molar-refractivity contribution in [2.45, 2.75) is 6.92 Å². The van der Waals surface area contributed by atoms with Crippen LogP contribution in [0.4, 0.5) is 10.1 Å². The van der Waals surface area contributed by atoms with Crippen LogP contribution >= 0.6 is 0 Å². The SMILES string of the molecule is C=N/C(=C\C=C(/C)C(=O)OC)CNc1cccc(F)c1. The summed E-state index contributed by atoms with van der Waals surface area (Å²) in [6.07, 6.45) is 3.26. The van der Waals surface area contributed by atoms with Crippen molar-refractivity contribution in [3.63, 3.8) is 0 Å². The van der Waals surface area contributed by atoms with E-state index in [0.29, 0.717) is 23.5 Å². The number of ether oxygens (including phenoxy) is 1. The molecule has 106 valence electrons. The number of hydrogen-bond donors (Lipinski definition) is 1. The monoisotopic (exact) mass is 276 g/mol. The zero-order chi connectivity index (χ0) is 15.0. The molecular formula is C15H17FN2O2. The van der Waals surface area contributed by atoms with Crippen molar-refractivity contribution in [1.29, 1.82) is 0 Å². The Morgan fingerprint density at radius 1 is 1.50 bits per heavy atom. The van der Waals surface area contributed by atoms with E-state index in [4.69, 9.17) is 0 Å². The molecule has 0 aliphatic rings. The predicted octanol–water partition coefficient (Wildman–Crippen LogP) is 2.94. The summed E-state index contributed by atoms with van der Waals surface area (Å²) >= 11 is 0. The Morgan fingerprint density at radius 3 is 2.85 bits per heavy atom. The van der Waals surface area contributed by atoms with E-state index in [1.54, 1.807) is 31.2 Å². The van der Waals surface area contributed by atoms with Crippen LogP contribution in [0.5, 0.6) is 0 Å². The zero-order valence-electron chi connectivity index (χ0n) is 11.5. The number of benzene rings is 1. The molecule has 4 nitrogen and oxygen atoms in total. The molecule has 20 heavy (non-hydrogen) atoms. The van der Waals surface area contributed by atoms with Gasteiger partial charge in [-0.1, -0.05) is 12.1 Å². The lowest BCUT2D eigenvalue weighted by Crippen LogP contribution is -2.04. The van der Waals surface area contributed by atoms with Gasteiger partial charge in [0.15, 0.2) is 0 Å². The molecule has 0 atom stereocenters. The number of rotatable bonds is 6. The fraction of sp³-hybridized carbons (Fsp3) is 0.200. The van der Waals surface area contributed by atoms with E-state index in [9.17, 15) is 9.18 Å². The Kier molecular flexibility index (Phi) is 6.16. The summed E-state index contributed by atoms with van der Waals surface area (Å²) in [5.41, 5.74) is 1.73. The molecule has 1 aromatic carbocycles. The second-order valence-electron chi connectivity index (χ2n) is 4.02. The summed E-state index contributed by atoms with van der Waals surface area (Å²) in [7, 11) is 1.32. The summed E-state index contributed by atoms with van der Waals surface area (Å²) in [4.78, 5) is 15.0. The van der Waals surface area contributed by atoms with E-state index in [-0.39, 0.29) is 5.82 Å². The van der Waals surface area contributed by atoms with Crippen LogP contribution in [0.2, 0.25) is 0 Å². The third-order valence-electron chi connectivity index (χ3n) is 2.53. The number of anilines is 1. The molecule has 0 radical (unpaired) electrons. The highest BCUT2D eigenvalue weighted by Gasteiger charge is 2.01. The van der Waals surface area contributed by atoms with Gasteiger partial charge in [-0.05, 0) is 37.9 Å². The maximum absolute atomic E-state index is 13.0. The van der Waals surface area contributed by atoms with Crippen molar-refractivity contribution in [3.8, 4) is 0 Å². The third kappa shape index (κ3) is 5.06. The number of halogens is 1. The molecule has 0 saturated carbocycles. The minimum atomic E-state index is -0.400. The van der Waals surface area contributed by atoms with Gasteiger partial charge in [0.1, 0.15) is 5.82 Å². The van der Waals surface area contributed by atoms with Gasteiger partial charge < -0.3 is 10.1 Å². The predicted molar refractivity (Wildman–Crippen MR) is 78.3 cm³/mol. The molecule has 0 spiro atoms. The van der Waals surface area contributed by atoms with Gasteiger partial charge in [-0.3, -0.25) is 4.99 Å². The average molecular weight is 276 g/mol. The highest BCUT2D eigenvalue weighted by atomic mass is 19.1. The number of esters is 1. The lowest BCUT2D eigenvalue weighted by Gasteiger charge is -2.06. The molecular weight excluding hydrogens is 259 g/mol. The third-order valence-corrected chi connectivity index (χ3v) is 2.53. The quantitative estimate of drug-likeness (QED) is 0.376. The fourth-order valence-corrected chi connectivity index (χ4v) is 1.41. The molecule has 0 aromatic heterocycles. The maximum atomic E-state index is 13.0. The maximum Gasteiger partial charge on any atom is 0.333 e. The molecule has 0 aliphatic heterocycles. The molecule has 1 aromatic rings. The van der Waals surface area contributed by atoms with Crippen molar-refractivity contribution in [3.05, 3.63) is 53.5 Å². The summed E-state index contributed by atoms with van der Waals surface area (Å²) in [6.45, 7) is 5.47. The Hall–Kier alpha value is -2.43. The molecule has 0 saturated heterocycles. The normalized spacial score (nSPS) is 11.9. The Labute approximate surface area is 117 Å². The molecule has 0 heterocycles. The number of methoxy groups -OCH3 is 1. The first-order valence-electron chi connectivity index (χ1n) is 5.98. The second-order valence-corrected chi connectivity index (χ2v) is 4.02. The van der Waals surface area contributed by atoms with Crippen molar-refractivity contribution in [1.82, 2.24) is 0 Å². The fourth-order valence-electron chi connectivity index (χ4n) is 1.41. The largest absolute Gasteiger partial charge is 0.466 e. The van der Waals surface area contributed by atoms with Gasteiger partial charge in [-0.2, -0.15) is 0 Å². The molecule has 0 unspecified atom stereocenters. The van der Waals surface area contributed by atoms with Gasteiger partial charge in [0.05, 0.1) is 19.4 Å². The molecule has 0 bridgehead atoms. The standard InChI is InChI=1S/C15H17FN2O2/c1-11(15(19)20-3)7-8-14(17-2)10-18-13-6-4-5-12(16)9-13/h4-9,18H,2,10H2,1,3H3/b11-7+,14-8-. The van der Waals surface area contributed by atoms with Crippen LogP contribution in [0, 0.1) is 5.82 Å². The summed E-state index contributed by atoms with van der Waals surface area (Å²) in [5.74, 6) is -0.712. The van der Waals surface area contributed by atoms with E-state index < -0.39 is 5.97 Å². The molecule has 0 fully saturated rings. The Morgan fingerprint density at radius 2 is 2.25 bits per heavy atom. The van der Waals surface area contributed by atoms with Crippen LogP contribution in [0.3, 0.4) is 0 Å². The Bertz CT molecular complexity index is 551. The van der Waals surface area contributed by atoms with Gasteiger partial charge in [0, 0.05) is 11.3 Å². The van der Waals surface area contributed by atoms with Gasteiger partial charge in [-0.15, -0.1) is 0 Å². The number of carbonyl (C=O) groups is 1. The highest BCUT2D eigenvalue weighted by molar-refractivity contribution is 5.87. The average Bonchev–Trinajstić information content (AvgIpc) is 2.46.